The van der Waals surface area contributed by atoms with Crippen molar-refractivity contribution >= 4 is 0 Å². The van der Waals surface area contributed by atoms with E-state index >= 15 is 0 Å². The molecule has 1 aromatic rings. The first-order valence-electron chi connectivity index (χ1n) is 7.76. The zero-order valence-electron chi connectivity index (χ0n) is 12.8. The minimum absolute atomic E-state index is 0.425. The van der Waals surface area contributed by atoms with Gasteiger partial charge < -0.3 is 10.3 Å². The van der Waals surface area contributed by atoms with Gasteiger partial charge in [0.2, 0.25) is 0 Å². The van der Waals surface area contributed by atoms with Crippen LogP contribution in [0, 0.1) is 17.8 Å². The fraction of sp³-hybridized carbons (Fsp3) is 0.812. The summed E-state index contributed by atoms with van der Waals surface area (Å²) in [5.41, 5.74) is 7.32. The molecule has 1 aliphatic carbocycles. The van der Waals surface area contributed by atoms with Crippen LogP contribution >= 0.6 is 0 Å². The van der Waals surface area contributed by atoms with Crippen LogP contribution in [0.4, 0.5) is 0 Å². The van der Waals surface area contributed by atoms with Crippen LogP contribution in [0.5, 0.6) is 0 Å². The highest BCUT2D eigenvalue weighted by Crippen LogP contribution is 2.38. The lowest BCUT2D eigenvalue weighted by Crippen LogP contribution is -2.28. The predicted octanol–water partition coefficient (Wildman–Crippen LogP) is 3.58. The molecule has 1 aromatic heterocycles. The maximum atomic E-state index is 5.98. The van der Waals surface area contributed by atoms with Crippen molar-refractivity contribution < 1.29 is 0 Å². The standard InChI is InChI=1S/C16H29N3/c1-11(2)14(8-17)16-9-18-10-19(16)15-6-5-12(3)7-13(15)4/h9-15H,5-8,17H2,1-4H3. The average Bonchev–Trinajstić information content (AvgIpc) is 2.78. The van der Waals surface area contributed by atoms with E-state index in [1.54, 1.807) is 0 Å². The Kier molecular flexibility index (Phi) is 4.67. The summed E-state index contributed by atoms with van der Waals surface area (Å²) < 4.78 is 2.42. The fourth-order valence-corrected chi connectivity index (χ4v) is 3.68. The van der Waals surface area contributed by atoms with Crippen LogP contribution in [0.15, 0.2) is 12.5 Å². The zero-order valence-corrected chi connectivity index (χ0v) is 12.8. The van der Waals surface area contributed by atoms with Crippen molar-refractivity contribution in [1.29, 1.82) is 0 Å². The lowest BCUT2D eigenvalue weighted by Gasteiger charge is -2.35. The summed E-state index contributed by atoms with van der Waals surface area (Å²) in [6.45, 7) is 9.97. The lowest BCUT2D eigenvalue weighted by molar-refractivity contribution is 0.201. The van der Waals surface area contributed by atoms with Crippen LogP contribution in [-0.4, -0.2) is 16.1 Å². The first kappa shape index (κ1) is 14.6. The van der Waals surface area contributed by atoms with Crippen molar-refractivity contribution in [1.82, 2.24) is 9.55 Å². The molecule has 108 valence electrons. The van der Waals surface area contributed by atoms with Crippen molar-refractivity contribution in [2.75, 3.05) is 6.54 Å². The Morgan fingerprint density at radius 3 is 2.68 bits per heavy atom. The molecule has 0 spiro atoms. The number of nitrogens with two attached hydrogens (primary N) is 1. The van der Waals surface area contributed by atoms with E-state index in [4.69, 9.17) is 5.73 Å². The fourth-order valence-electron chi connectivity index (χ4n) is 3.68. The smallest absolute Gasteiger partial charge is 0.0950 e. The third-order valence-corrected chi connectivity index (χ3v) is 4.88. The topological polar surface area (TPSA) is 43.8 Å². The van der Waals surface area contributed by atoms with Crippen molar-refractivity contribution in [2.45, 2.75) is 58.9 Å². The summed E-state index contributed by atoms with van der Waals surface area (Å²) in [6.07, 6.45) is 8.00. The molecule has 2 rings (SSSR count). The largest absolute Gasteiger partial charge is 0.331 e. The van der Waals surface area contributed by atoms with Gasteiger partial charge in [0, 0.05) is 30.4 Å². The number of nitrogens with zero attached hydrogens (tertiary/aromatic N) is 2. The first-order valence-corrected chi connectivity index (χ1v) is 7.76. The molecule has 3 heteroatoms. The Labute approximate surface area is 117 Å². The van der Waals surface area contributed by atoms with Crippen LogP contribution < -0.4 is 5.73 Å². The highest BCUT2D eigenvalue weighted by atomic mass is 15.1. The monoisotopic (exact) mass is 263 g/mol. The Morgan fingerprint density at radius 2 is 2.11 bits per heavy atom. The van der Waals surface area contributed by atoms with Crippen LogP contribution in [0.25, 0.3) is 0 Å². The summed E-state index contributed by atoms with van der Waals surface area (Å²) in [4.78, 5) is 4.41. The van der Waals surface area contributed by atoms with Crippen molar-refractivity contribution in [3.8, 4) is 0 Å². The van der Waals surface area contributed by atoms with Gasteiger partial charge in [0.25, 0.3) is 0 Å². The minimum Gasteiger partial charge on any atom is -0.331 e. The normalized spacial score (nSPS) is 29.7. The van der Waals surface area contributed by atoms with E-state index in [0.29, 0.717) is 24.4 Å². The van der Waals surface area contributed by atoms with Gasteiger partial charge in [-0.25, -0.2) is 4.98 Å². The maximum Gasteiger partial charge on any atom is 0.0950 e. The molecule has 4 atom stereocenters. The van der Waals surface area contributed by atoms with Gasteiger partial charge in [0.1, 0.15) is 0 Å². The molecule has 0 saturated heterocycles. The average molecular weight is 263 g/mol. The molecule has 0 amide bonds. The molecule has 0 bridgehead atoms. The van der Waals surface area contributed by atoms with Crippen molar-refractivity contribution in [2.24, 2.45) is 23.5 Å². The van der Waals surface area contributed by atoms with E-state index in [1.165, 1.54) is 25.0 Å². The molecule has 0 radical (unpaired) electrons. The van der Waals surface area contributed by atoms with Crippen LogP contribution in [0.2, 0.25) is 0 Å². The van der Waals surface area contributed by atoms with E-state index in [9.17, 15) is 0 Å². The van der Waals surface area contributed by atoms with E-state index in [0.717, 1.165) is 11.8 Å². The van der Waals surface area contributed by atoms with Crippen LogP contribution in [0.1, 0.15) is 64.6 Å². The molecule has 1 fully saturated rings. The number of hydrogen-bond donors (Lipinski definition) is 1. The quantitative estimate of drug-likeness (QED) is 0.902. The molecule has 0 aliphatic heterocycles. The van der Waals surface area contributed by atoms with Gasteiger partial charge in [-0.3, -0.25) is 0 Å². The highest BCUT2D eigenvalue weighted by molar-refractivity contribution is 5.10. The molecule has 1 saturated carbocycles. The van der Waals surface area contributed by atoms with Crippen molar-refractivity contribution in [3.05, 3.63) is 18.2 Å². The third kappa shape index (κ3) is 3.02. The molecule has 2 N–H and O–H groups in total. The highest BCUT2D eigenvalue weighted by Gasteiger charge is 2.29. The summed E-state index contributed by atoms with van der Waals surface area (Å²) >= 11 is 0. The second-order valence-electron chi connectivity index (χ2n) is 6.77. The van der Waals surface area contributed by atoms with Gasteiger partial charge in [-0.2, -0.15) is 0 Å². The Morgan fingerprint density at radius 1 is 1.37 bits per heavy atom. The van der Waals surface area contributed by atoms with Crippen LogP contribution in [-0.2, 0) is 0 Å². The first-order chi connectivity index (χ1) is 9.04. The Balaban J connectivity index is 2.23. The van der Waals surface area contributed by atoms with E-state index in [1.807, 2.05) is 12.5 Å². The molecule has 0 aromatic carbocycles. The van der Waals surface area contributed by atoms with Gasteiger partial charge in [0.15, 0.2) is 0 Å². The predicted molar refractivity (Wildman–Crippen MR) is 80.1 cm³/mol. The second-order valence-corrected chi connectivity index (χ2v) is 6.77. The summed E-state index contributed by atoms with van der Waals surface area (Å²) in [5, 5.41) is 0. The molecular weight excluding hydrogens is 234 g/mol. The van der Waals surface area contributed by atoms with Crippen molar-refractivity contribution in [3.63, 3.8) is 0 Å². The van der Waals surface area contributed by atoms with E-state index in [2.05, 4.69) is 37.2 Å². The Bertz CT molecular complexity index is 396. The van der Waals surface area contributed by atoms with Gasteiger partial charge in [-0.15, -0.1) is 0 Å². The molecule has 19 heavy (non-hydrogen) atoms. The summed E-state index contributed by atoms with van der Waals surface area (Å²) in [7, 11) is 0. The number of imidazole rings is 1. The molecule has 1 aliphatic rings. The molecule has 1 heterocycles. The van der Waals surface area contributed by atoms with Gasteiger partial charge in [-0.1, -0.05) is 27.7 Å². The van der Waals surface area contributed by atoms with Crippen LogP contribution in [0.3, 0.4) is 0 Å². The Hall–Kier alpha value is -0.830. The molecule has 4 unspecified atom stereocenters. The number of aromatic nitrogens is 2. The van der Waals surface area contributed by atoms with Gasteiger partial charge in [-0.05, 0) is 37.0 Å². The SMILES string of the molecule is CC1CCC(n2cncc2C(CN)C(C)C)C(C)C1. The maximum absolute atomic E-state index is 5.98. The third-order valence-electron chi connectivity index (χ3n) is 4.88. The number of hydrogen-bond acceptors (Lipinski definition) is 2. The van der Waals surface area contributed by atoms with Gasteiger partial charge in [0.05, 0.1) is 6.33 Å². The minimum atomic E-state index is 0.425. The summed E-state index contributed by atoms with van der Waals surface area (Å²) in [5.74, 6) is 2.60. The number of rotatable bonds is 4. The molecular formula is C16H29N3. The zero-order chi connectivity index (χ0) is 14.0. The van der Waals surface area contributed by atoms with Gasteiger partial charge >= 0.3 is 0 Å². The van der Waals surface area contributed by atoms with E-state index in [-0.39, 0.29) is 0 Å². The molecule has 3 nitrogen and oxygen atoms in total. The lowest BCUT2D eigenvalue weighted by atomic mass is 9.79. The summed E-state index contributed by atoms with van der Waals surface area (Å²) in [6, 6.07) is 0.612. The van der Waals surface area contributed by atoms with E-state index < -0.39 is 0 Å². The second kappa shape index (κ2) is 6.08.